The molecule has 0 aliphatic carbocycles. The molecule has 2 aromatic rings. The maximum absolute atomic E-state index is 13.6. The van der Waals surface area contributed by atoms with Gasteiger partial charge in [-0.3, -0.25) is 4.79 Å². The second-order valence-electron chi connectivity index (χ2n) is 8.46. The van der Waals surface area contributed by atoms with Crippen molar-refractivity contribution in [2.24, 2.45) is 5.92 Å². The molecule has 2 saturated heterocycles. The second kappa shape index (κ2) is 8.25. The van der Waals surface area contributed by atoms with E-state index in [0.717, 1.165) is 24.0 Å². The predicted octanol–water partition coefficient (Wildman–Crippen LogP) is 4.28. The lowest BCUT2D eigenvalue weighted by atomic mass is 9.85. The van der Waals surface area contributed by atoms with Gasteiger partial charge in [-0.1, -0.05) is 24.3 Å². The Bertz CT molecular complexity index is 891. The van der Waals surface area contributed by atoms with Gasteiger partial charge in [0, 0.05) is 17.7 Å². The lowest BCUT2D eigenvalue weighted by molar-refractivity contribution is -0.0950. The van der Waals surface area contributed by atoms with Crippen molar-refractivity contribution < 1.29 is 18.7 Å². The zero-order chi connectivity index (χ0) is 20.4. The number of hydrogen-bond donors (Lipinski definition) is 0. The molecule has 0 saturated carbocycles. The Morgan fingerprint density at radius 1 is 1.21 bits per heavy atom. The van der Waals surface area contributed by atoms with Gasteiger partial charge < -0.3 is 14.4 Å². The highest BCUT2D eigenvalue weighted by atomic mass is 19.1. The number of benzene rings is 2. The fraction of sp³-hybridized carbons (Fsp3) is 0.458. The van der Waals surface area contributed by atoms with Gasteiger partial charge in [-0.25, -0.2) is 4.39 Å². The summed E-state index contributed by atoms with van der Waals surface area (Å²) < 4.78 is 25.3. The number of amides is 1. The highest BCUT2D eigenvalue weighted by Gasteiger charge is 2.51. The van der Waals surface area contributed by atoms with Crippen LogP contribution < -0.4 is 0 Å². The van der Waals surface area contributed by atoms with Crippen molar-refractivity contribution in [3.8, 4) is 0 Å². The van der Waals surface area contributed by atoms with Gasteiger partial charge in [0.25, 0.3) is 5.91 Å². The minimum Gasteiger partial charge on any atom is -0.377 e. The number of ether oxygens (including phenoxy) is 2. The molecule has 29 heavy (non-hydrogen) atoms. The van der Waals surface area contributed by atoms with Crippen LogP contribution in [0.15, 0.2) is 42.5 Å². The molecule has 2 aromatic carbocycles. The van der Waals surface area contributed by atoms with Gasteiger partial charge in [-0.05, 0) is 61.9 Å². The van der Waals surface area contributed by atoms with E-state index in [9.17, 15) is 9.18 Å². The van der Waals surface area contributed by atoms with Crippen LogP contribution in [0.3, 0.4) is 0 Å². The van der Waals surface area contributed by atoms with Gasteiger partial charge in [0.05, 0.1) is 26.3 Å². The third kappa shape index (κ3) is 4.36. The third-order valence-corrected chi connectivity index (χ3v) is 6.17. The fourth-order valence-electron chi connectivity index (χ4n) is 4.24. The first-order chi connectivity index (χ1) is 14.0. The summed E-state index contributed by atoms with van der Waals surface area (Å²) >= 11 is 0. The summed E-state index contributed by atoms with van der Waals surface area (Å²) in [6.07, 6.45) is 1.84. The van der Waals surface area contributed by atoms with E-state index in [2.05, 4.69) is 6.92 Å². The SMILES string of the molecule is Cc1ccc(C(=O)N2CC3(CC(CCOCc4ccccc4F)CO3)C2)cc1C. The van der Waals surface area contributed by atoms with Crippen molar-refractivity contribution in [3.63, 3.8) is 0 Å². The molecule has 2 aliphatic rings. The summed E-state index contributed by atoms with van der Waals surface area (Å²) in [7, 11) is 0. The van der Waals surface area contributed by atoms with Crippen molar-refractivity contribution in [2.75, 3.05) is 26.3 Å². The molecule has 1 atom stereocenters. The predicted molar refractivity (Wildman–Crippen MR) is 109 cm³/mol. The summed E-state index contributed by atoms with van der Waals surface area (Å²) in [5.41, 5.74) is 3.48. The molecule has 4 rings (SSSR count). The van der Waals surface area contributed by atoms with Gasteiger partial charge >= 0.3 is 0 Å². The van der Waals surface area contributed by atoms with E-state index in [0.29, 0.717) is 44.4 Å². The van der Waals surface area contributed by atoms with E-state index in [1.807, 2.05) is 36.1 Å². The molecule has 2 aliphatic heterocycles. The number of aryl methyl sites for hydroxylation is 2. The molecule has 2 fully saturated rings. The Labute approximate surface area is 171 Å². The zero-order valence-electron chi connectivity index (χ0n) is 17.1. The molecule has 1 spiro atoms. The second-order valence-corrected chi connectivity index (χ2v) is 8.46. The van der Waals surface area contributed by atoms with Crippen LogP contribution in [-0.2, 0) is 16.1 Å². The molecule has 0 N–H and O–H groups in total. The van der Waals surface area contributed by atoms with Crippen LogP contribution in [0, 0.1) is 25.6 Å². The van der Waals surface area contributed by atoms with Crippen LogP contribution in [0.2, 0.25) is 0 Å². The lowest BCUT2D eigenvalue weighted by Crippen LogP contribution is -2.63. The Morgan fingerprint density at radius 2 is 2.00 bits per heavy atom. The number of halogens is 1. The van der Waals surface area contributed by atoms with Gasteiger partial charge in [0.1, 0.15) is 11.4 Å². The van der Waals surface area contributed by atoms with Crippen LogP contribution in [0.5, 0.6) is 0 Å². The van der Waals surface area contributed by atoms with E-state index >= 15 is 0 Å². The van der Waals surface area contributed by atoms with Crippen LogP contribution >= 0.6 is 0 Å². The summed E-state index contributed by atoms with van der Waals surface area (Å²) in [5, 5.41) is 0. The van der Waals surface area contributed by atoms with Crippen molar-refractivity contribution >= 4 is 5.91 Å². The van der Waals surface area contributed by atoms with Crippen molar-refractivity contribution in [1.29, 1.82) is 0 Å². The lowest BCUT2D eigenvalue weighted by Gasteiger charge is -2.47. The van der Waals surface area contributed by atoms with E-state index in [4.69, 9.17) is 9.47 Å². The van der Waals surface area contributed by atoms with Gasteiger partial charge in [0.15, 0.2) is 0 Å². The highest BCUT2D eigenvalue weighted by molar-refractivity contribution is 5.95. The zero-order valence-corrected chi connectivity index (χ0v) is 17.1. The van der Waals surface area contributed by atoms with Crippen molar-refractivity contribution in [3.05, 3.63) is 70.5 Å². The Hall–Kier alpha value is -2.24. The molecular formula is C24H28FNO3. The molecule has 2 heterocycles. The Balaban J connectivity index is 1.21. The molecule has 0 radical (unpaired) electrons. The third-order valence-electron chi connectivity index (χ3n) is 6.17. The first-order valence-electron chi connectivity index (χ1n) is 10.3. The number of nitrogens with zero attached hydrogens (tertiary/aromatic N) is 1. The van der Waals surface area contributed by atoms with Crippen molar-refractivity contribution in [1.82, 2.24) is 4.90 Å². The number of carbonyl (C=O) groups is 1. The maximum atomic E-state index is 13.6. The van der Waals surface area contributed by atoms with Crippen LogP contribution in [-0.4, -0.2) is 42.7 Å². The number of rotatable bonds is 6. The molecule has 154 valence electrons. The molecule has 1 amide bonds. The standard InChI is InChI=1S/C24H28FNO3/c1-17-7-8-20(11-18(17)2)23(27)26-15-24(16-26)12-19(13-29-24)9-10-28-14-21-5-3-4-6-22(21)25/h3-8,11,19H,9-10,12-16H2,1-2H3. The molecule has 0 bridgehead atoms. The summed E-state index contributed by atoms with van der Waals surface area (Å²) in [4.78, 5) is 14.6. The molecule has 5 heteroatoms. The Kier molecular flexibility index (Phi) is 5.70. The van der Waals surface area contributed by atoms with E-state index in [-0.39, 0.29) is 17.3 Å². The summed E-state index contributed by atoms with van der Waals surface area (Å²) in [5.74, 6) is 0.284. The number of carbonyl (C=O) groups excluding carboxylic acids is 1. The smallest absolute Gasteiger partial charge is 0.254 e. The Morgan fingerprint density at radius 3 is 2.76 bits per heavy atom. The molecule has 0 aromatic heterocycles. The minimum absolute atomic E-state index is 0.0824. The number of likely N-dealkylation sites (tertiary alicyclic amines) is 1. The van der Waals surface area contributed by atoms with Crippen molar-refractivity contribution in [2.45, 2.75) is 38.9 Å². The van der Waals surface area contributed by atoms with E-state index in [1.165, 1.54) is 11.6 Å². The largest absolute Gasteiger partial charge is 0.377 e. The topological polar surface area (TPSA) is 38.8 Å². The van der Waals surface area contributed by atoms with Gasteiger partial charge in [0.2, 0.25) is 0 Å². The summed E-state index contributed by atoms with van der Waals surface area (Å²) in [6, 6.07) is 12.6. The molecular weight excluding hydrogens is 369 g/mol. The highest BCUT2D eigenvalue weighted by Crippen LogP contribution is 2.39. The monoisotopic (exact) mass is 397 g/mol. The molecule has 1 unspecified atom stereocenters. The first-order valence-corrected chi connectivity index (χ1v) is 10.3. The molecule has 4 nitrogen and oxygen atoms in total. The summed E-state index contributed by atoms with van der Waals surface area (Å²) in [6.45, 7) is 6.98. The average Bonchev–Trinajstić information content (AvgIpc) is 3.12. The van der Waals surface area contributed by atoms with E-state index in [1.54, 1.807) is 12.1 Å². The van der Waals surface area contributed by atoms with Gasteiger partial charge in [-0.2, -0.15) is 0 Å². The first kappa shape index (κ1) is 20.0. The minimum atomic E-state index is -0.223. The van der Waals surface area contributed by atoms with Crippen LogP contribution in [0.25, 0.3) is 0 Å². The van der Waals surface area contributed by atoms with Crippen LogP contribution in [0.1, 0.15) is 39.9 Å². The fourth-order valence-corrected chi connectivity index (χ4v) is 4.24. The van der Waals surface area contributed by atoms with Gasteiger partial charge in [-0.15, -0.1) is 0 Å². The van der Waals surface area contributed by atoms with Crippen LogP contribution in [0.4, 0.5) is 4.39 Å². The average molecular weight is 397 g/mol. The van der Waals surface area contributed by atoms with E-state index < -0.39 is 0 Å². The number of hydrogen-bond acceptors (Lipinski definition) is 3. The maximum Gasteiger partial charge on any atom is 0.254 e. The quantitative estimate of drug-likeness (QED) is 0.683. The normalized spacial score (nSPS) is 20.1.